The molecule has 1 fully saturated rings. The van der Waals surface area contributed by atoms with E-state index in [1.165, 1.54) is 0 Å². The van der Waals surface area contributed by atoms with E-state index in [-0.39, 0.29) is 18.6 Å². The van der Waals surface area contributed by atoms with Crippen LogP contribution in [0.15, 0.2) is 24.3 Å². The van der Waals surface area contributed by atoms with Crippen LogP contribution < -0.4 is 15.4 Å². The summed E-state index contributed by atoms with van der Waals surface area (Å²) < 4.78 is 29.2. The van der Waals surface area contributed by atoms with Gasteiger partial charge >= 0.3 is 6.03 Å². The number of rotatable bonds is 6. The molecule has 1 aromatic carbocycles. The number of aliphatic hydroxyl groups is 1. The molecule has 1 saturated carbocycles. The quantitative estimate of drug-likeness (QED) is 0.751. The molecule has 23 heavy (non-hydrogen) atoms. The van der Waals surface area contributed by atoms with Gasteiger partial charge in [-0.3, -0.25) is 0 Å². The number of benzene rings is 1. The van der Waals surface area contributed by atoms with Gasteiger partial charge in [-0.05, 0) is 30.5 Å². The van der Waals surface area contributed by atoms with Crippen molar-refractivity contribution in [1.29, 1.82) is 0 Å². The summed E-state index contributed by atoms with van der Waals surface area (Å²) in [7, 11) is 0. The summed E-state index contributed by atoms with van der Waals surface area (Å²) in [5.74, 6) is 0.340. The summed E-state index contributed by atoms with van der Waals surface area (Å²) >= 11 is 0. The van der Waals surface area contributed by atoms with Gasteiger partial charge in [0.2, 0.25) is 0 Å². The van der Waals surface area contributed by atoms with Crippen molar-refractivity contribution < 1.29 is 23.4 Å². The minimum atomic E-state index is -2.52. The number of carbonyl (C=O) groups excluding carboxylic acids is 1. The van der Waals surface area contributed by atoms with Crippen molar-refractivity contribution in [3.63, 3.8) is 0 Å². The molecule has 0 aliphatic heterocycles. The van der Waals surface area contributed by atoms with Crippen molar-refractivity contribution in [2.75, 3.05) is 6.61 Å². The highest BCUT2D eigenvalue weighted by molar-refractivity contribution is 5.74. The molecule has 0 bridgehead atoms. The Morgan fingerprint density at radius 3 is 2.87 bits per heavy atom. The number of alkyl halides is 2. The van der Waals surface area contributed by atoms with Crippen LogP contribution in [0.25, 0.3) is 0 Å². The van der Waals surface area contributed by atoms with E-state index in [2.05, 4.69) is 10.6 Å². The van der Waals surface area contributed by atoms with E-state index in [9.17, 15) is 18.7 Å². The largest absolute Gasteiger partial charge is 0.488 e. The first-order chi connectivity index (χ1) is 11.0. The number of amides is 2. The second-order valence-corrected chi connectivity index (χ2v) is 5.63. The van der Waals surface area contributed by atoms with Crippen LogP contribution in [0.3, 0.4) is 0 Å². The average Bonchev–Trinajstić information content (AvgIpc) is 2.54. The third-order valence-electron chi connectivity index (χ3n) is 3.77. The molecule has 1 aromatic rings. The number of nitrogens with one attached hydrogen (secondary N) is 2. The van der Waals surface area contributed by atoms with Gasteiger partial charge in [-0.2, -0.15) is 0 Å². The highest BCUT2D eigenvalue weighted by Crippen LogP contribution is 2.18. The van der Waals surface area contributed by atoms with Gasteiger partial charge in [0.05, 0.1) is 12.1 Å². The first-order valence-corrected chi connectivity index (χ1v) is 7.77. The Kier molecular flexibility index (Phi) is 6.58. The van der Waals surface area contributed by atoms with Crippen LogP contribution in [0, 0.1) is 0 Å². The predicted octanol–water partition coefficient (Wildman–Crippen LogP) is 2.43. The molecule has 5 nitrogen and oxygen atoms in total. The molecule has 0 heterocycles. The smallest absolute Gasteiger partial charge is 0.315 e. The van der Waals surface area contributed by atoms with Crippen LogP contribution in [0.1, 0.15) is 31.2 Å². The molecule has 3 N–H and O–H groups in total. The number of hydrogen-bond donors (Lipinski definition) is 3. The van der Waals surface area contributed by atoms with E-state index in [4.69, 9.17) is 4.74 Å². The molecule has 1 aliphatic rings. The van der Waals surface area contributed by atoms with Crippen molar-refractivity contribution in [1.82, 2.24) is 10.6 Å². The lowest BCUT2D eigenvalue weighted by Crippen LogP contribution is -2.48. The van der Waals surface area contributed by atoms with Crippen LogP contribution in [-0.4, -0.2) is 36.3 Å². The van der Waals surface area contributed by atoms with Crippen LogP contribution in [0.2, 0.25) is 0 Å². The van der Waals surface area contributed by atoms with Crippen molar-refractivity contribution >= 4 is 6.03 Å². The number of aliphatic hydroxyl groups excluding tert-OH is 1. The fraction of sp³-hybridized carbons (Fsp3) is 0.562. The summed E-state index contributed by atoms with van der Waals surface area (Å²) in [6.45, 7) is -0.405. The summed E-state index contributed by atoms with van der Waals surface area (Å²) in [6, 6.07) is 6.08. The molecule has 2 unspecified atom stereocenters. The van der Waals surface area contributed by atoms with Crippen molar-refractivity contribution in [3.8, 4) is 5.75 Å². The fourth-order valence-electron chi connectivity index (χ4n) is 2.59. The molecular formula is C16H22F2N2O3. The molecule has 7 heteroatoms. The monoisotopic (exact) mass is 328 g/mol. The molecule has 1 aliphatic carbocycles. The molecule has 0 saturated heterocycles. The average molecular weight is 328 g/mol. The minimum absolute atomic E-state index is 0.218. The van der Waals surface area contributed by atoms with Crippen molar-refractivity contribution in [2.24, 2.45) is 0 Å². The minimum Gasteiger partial charge on any atom is -0.488 e. The summed E-state index contributed by atoms with van der Waals surface area (Å²) in [5, 5.41) is 15.3. The first-order valence-electron chi connectivity index (χ1n) is 7.77. The summed E-state index contributed by atoms with van der Waals surface area (Å²) in [5.41, 5.74) is 0.746. The number of ether oxygens (including phenoxy) is 1. The van der Waals surface area contributed by atoms with Crippen molar-refractivity contribution in [2.45, 2.75) is 50.8 Å². The zero-order valence-electron chi connectivity index (χ0n) is 12.8. The van der Waals surface area contributed by atoms with Crippen LogP contribution >= 0.6 is 0 Å². The van der Waals surface area contributed by atoms with Gasteiger partial charge in [0.25, 0.3) is 6.43 Å². The maximum atomic E-state index is 12.1. The zero-order chi connectivity index (χ0) is 16.7. The predicted molar refractivity (Wildman–Crippen MR) is 81.6 cm³/mol. The summed E-state index contributed by atoms with van der Waals surface area (Å²) in [6.07, 6.45) is 0.419. The third-order valence-corrected chi connectivity index (χ3v) is 3.77. The van der Waals surface area contributed by atoms with Gasteiger partial charge in [0, 0.05) is 6.54 Å². The number of halogens is 2. The lowest BCUT2D eigenvalue weighted by atomic mass is 9.93. The molecule has 0 aromatic heterocycles. The highest BCUT2D eigenvalue weighted by atomic mass is 19.3. The standard InChI is InChI=1S/C16H22F2N2O3/c17-15(18)10-23-12-5-3-4-11(8-12)9-19-16(22)20-13-6-1-2-7-14(13)21/h3-5,8,13-15,21H,1-2,6-7,9-10H2,(H2,19,20,22). The maximum Gasteiger partial charge on any atom is 0.315 e. The molecule has 2 rings (SSSR count). The molecule has 2 atom stereocenters. The van der Waals surface area contributed by atoms with Gasteiger partial charge in [-0.15, -0.1) is 0 Å². The van der Waals surface area contributed by atoms with E-state index in [1.807, 2.05) is 0 Å². The van der Waals surface area contributed by atoms with E-state index in [0.717, 1.165) is 24.8 Å². The lowest BCUT2D eigenvalue weighted by Gasteiger charge is -2.28. The number of hydrogen-bond acceptors (Lipinski definition) is 3. The molecule has 2 amide bonds. The molecule has 128 valence electrons. The Bertz CT molecular complexity index is 514. The zero-order valence-corrected chi connectivity index (χ0v) is 12.8. The third kappa shape index (κ3) is 6.02. The number of carbonyl (C=O) groups is 1. The topological polar surface area (TPSA) is 70.6 Å². The Morgan fingerprint density at radius 1 is 1.35 bits per heavy atom. The Balaban J connectivity index is 1.78. The summed E-state index contributed by atoms with van der Waals surface area (Å²) in [4.78, 5) is 11.9. The van der Waals surface area contributed by atoms with E-state index in [0.29, 0.717) is 12.2 Å². The van der Waals surface area contributed by atoms with Crippen molar-refractivity contribution in [3.05, 3.63) is 29.8 Å². The fourth-order valence-corrected chi connectivity index (χ4v) is 2.59. The van der Waals surface area contributed by atoms with E-state index < -0.39 is 19.1 Å². The molecule has 0 radical (unpaired) electrons. The second kappa shape index (κ2) is 8.67. The van der Waals surface area contributed by atoms with Crippen LogP contribution in [0.5, 0.6) is 5.75 Å². The Labute approximate surface area is 134 Å². The normalized spacial score (nSPS) is 21.0. The number of urea groups is 1. The van der Waals surface area contributed by atoms with Gasteiger partial charge in [-0.1, -0.05) is 25.0 Å². The van der Waals surface area contributed by atoms with E-state index >= 15 is 0 Å². The SMILES string of the molecule is O=C(NCc1cccc(OCC(F)F)c1)NC1CCCCC1O. The van der Waals surface area contributed by atoms with Crippen LogP contribution in [-0.2, 0) is 6.54 Å². The van der Waals surface area contributed by atoms with Gasteiger partial charge in [0.15, 0.2) is 0 Å². The molecular weight excluding hydrogens is 306 g/mol. The van der Waals surface area contributed by atoms with Gasteiger partial charge < -0.3 is 20.5 Å². The van der Waals surface area contributed by atoms with Gasteiger partial charge in [0.1, 0.15) is 12.4 Å². The molecule has 0 spiro atoms. The Morgan fingerprint density at radius 2 is 2.13 bits per heavy atom. The first kappa shape index (κ1) is 17.5. The Hall–Kier alpha value is -1.89. The highest BCUT2D eigenvalue weighted by Gasteiger charge is 2.24. The van der Waals surface area contributed by atoms with E-state index in [1.54, 1.807) is 24.3 Å². The maximum absolute atomic E-state index is 12.1. The van der Waals surface area contributed by atoms with Crippen LogP contribution in [0.4, 0.5) is 13.6 Å². The lowest BCUT2D eigenvalue weighted by molar-refractivity contribution is 0.0818. The van der Waals surface area contributed by atoms with Gasteiger partial charge in [-0.25, -0.2) is 13.6 Å². The second-order valence-electron chi connectivity index (χ2n) is 5.63.